The van der Waals surface area contributed by atoms with Crippen LogP contribution in [0.4, 0.5) is 5.69 Å². The number of carbonyl (C=O) groups is 2. The molecule has 0 aliphatic carbocycles. The highest BCUT2D eigenvalue weighted by Gasteiger charge is 2.33. The van der Waals surface area contributed by atoms with Crippen molar-refractivity contribution < 1.29 is 22.7 Å². The summed E-state index contributed by atoms with van der Waals surface area (Å²) in [4.78, 5) is 29.2. The Balaban J connectivity index is 2.05. The van der Waals surface area contributed by atoms with Gasteiger partial charge in [-0.25, -0.2) is 8.42 Å². The molecule has 0 radical (unpaired) electrons. The van der Waals surface area contributed by atoms with Gasteiger partial charge in [-0.2, -0.15) is 0 Å². The zero-order chi connectivity index (χ0) is 29.3. The number of aryl methyl sites for hydroxylation is 1. The molecule has 10 heteroatoms. The maximum atomic E-state index is 14.0. The SMILES string of the molecule is CCOc1ccc(N(CC(=O)N(Cc2ccc(C)cc2)[C@@H](CC)C(=O)NC)S(=O)(=O)c2ccc(SC)cc2)cc1. The maximum absolute atomic E-state index is 14.0. The van der Waals surface area contributed by atoms with E-state index in [1.165, 1.54) is 35.8 Å². The molecule has 0 fully saturated rings. The number of carbonyl (C=O) groups excluding carboxylic acids is 2. The van der Waals surface area contributed by atoms with E-state index in [0.29, 0.717) is 24.5 Å². The number of hydrogen-bond donors (Lipinski definition) is 1. The van der Waals surface area contributed by atoms with Gasteiger partial charge in [-0.05, 0) is 80.6 Å². The highest BCUT2D eigenvalue weighted by Crippen LogP contribution is 2.28. The number of nitrogens with zero attached hydrogens (tertiary/aromatic N) is 2. The Labute approximate surface area is 241 Å². The lowest BCUT2D eigenvalue weighted by Gasteiger charge is -2.33. The van der Waals surface area contributed by atoms with E-state index in [0.717, 1.165) is 20.3 Å². The van der Waals surface area contributed by atoms with Crippen LogP contribution >= 0.6 is 11.8 Å². The molecular formula is C30H37N3O5S2. The normalized spacial score (nSPS) is 11.9. The summed E-state index contributed by atoms with van der Waals surface area (Å²) >= 11 is 1.50. The summed E-state index contributed by atoms with van der Waals surface area (Å²) in [5.41, 5.74) is 2.22. The third-order valence-corrected chi connectivity index (χ3v) is 9.00. The van der Waals surface area contributed by atoms with Crippen LogP contribution in [0.1, 0.15) is 31.4 Å². The number of thioether (sulfide) groups is 1. The summed E-state index contributed by atoms with van der Waals surface area (Å²) in [6.45, 7) is 5.79. The first-order valence-electron chi connectivity index (χ1n) is 13.1. The molecule has 8 nitrogen and oxygen atoms in total. The van der Waals surface area contributed by atoms with Crippen LogP contribution in [0.25, 0.3) is 0 Å². The number of likely N-dealkylation sites (N-methyl/N-ethyl adjacent to an activating group) is 1. The fourth-order valence-corrected chi connectivity index (χ4v) is 6.08. The Morgan fingerprint density at radius 2 is 1.57 bits per heavy atom. The van der Waals surface area contributed by atoms with E-state index in [2.05, 4.69) is 5.32 Å². The number of anilines is 1. The number of hydrogen-bond acceptors (Lipinski definition) is 6. The first kappa shape index (κ1) is 31.0. The van der Waals surface area contributed by atoms with Crippen molar-refractivity contribution in [3.05, 3.63) is 83.9 Å². The number of ether oxygens (including phenoxy) is 1. The van der Waals surface area contributed by atoms with Gasteiger partial charge in [0.25, 0.3) is 10.0 Å². The third kappa shape index (κ3) is 7.57. The van der Waals surface area contributed by atoms with Gasteiger partial charge in [-0.15, -0.1) is 11.8 Å². The van der Waals surface area contributed by atoms with Crippen molar-refractivity contribution in [2.45, 2.75) is 49.6 Å². The van der Waals surface area contributed by atoms with Crippen molar-refractivity contribution in [2.75, 3.05) is 30.8 Å². The molecule has 3 aromatic carbocycles. The minimum atomic E-state index is -4.13. The number of benzene rings is 3. The number of sulfonamides is 1. The first-order chi connectivity index (χ1) is 19.1. The molecule has 0 bridgehead atoms. The second-order valence-corrected chi connectivity index (χ2v) is 11.9. The lowest BCUT2D eigenvalue weighted by atomic mass is 10.1. The molecule has 3 rings (SSSR count). The van der Waals surface area contributed by atoms with Crippen LogP contribution < -0.4 is 14.4 Å². The zero-order valence-corrected chi connectivity index (χ0v) is 25.2. The average Bonchev–Trinajstić information content (AvgIpc) is 2.97. The van der Waals surface area contributed by atoms with Crippen LogP contribution in [-0.4, -0.2) is 57.6 Å². The molecule has 0 spiro atoms. The summed E-state index contributed by atoms with van der Waals surface area (Å²) in [5.74, 6) is -0.216. The molecule has 0 heterocycles. The van der Waals surface area contributed by atoms with Crippen molar-refractivity contribution in [1.82, 2.24) is 10.2 Å². The largest absolute Gasteiger partial charge is 0.494 e. The van der Waals surface area contributed by atoms with Crippen LogP contribution in [0.5, 0.6) is 5.75 Å². The molecule has 1 N–H and O–H groups in total. The van der Waals surface area contributed by atoms with Crippen LogP contribution in [-0.2, 0) is 26.2 Å². The molecule has 0 aromatic heterocycles. The Morgan fingerprint density at radius 3 is 2.10 bits per heavy atom. The second-order valence-electron chi connectivity index (χ2n) is 9.16. The Kier molecular flexibility index (Phi) is 11.0. The minimum absolute atomic E-state index is 0.0652. The summed E-state index contributed by atoms with van der Waals surface area (Å²) < 4.78 is 34.5. The number of rotatable bonds is 13. The fourth-order valence-electron chi connectivity index (χ4n) is 4.26. The van der Waals surface area contributed by atoms with E-state index >= 15 is 0 Å². The fraction of sp³-hybridized carbons (Fsp3) is 0.333. The van der Waals surface area contributed by atoms with E-state index in [-0.39, 0.29) is 17.3 Å². The average molecular weight is 584 g/mol. The number of amides is 2. The summed E-state index contributed by atoms with van der Waals surface area (Å²) in [6.07, 6.45) is 2.27. The van der Waals surface area contributed by atoms with Crippen molar-refractivity contribution in [3.63, 3.8) is 0 Å². The Morgan fingerprint density at radius 1 is 0.950 bits per heavy atom. The molecule has 0 aliphatic heterocycles. The van der Waals surface area contributed by atoms with Gasteiger partial charge in [0.05, 0.1) is 17.2 Å². The van der Waals surface area contributed by atoms with Gasteiger partial charge in [-0.1, -0.05) is 36.8 Å². The predicted octanol–water partition coefficient (Wildman–Crippen LogP) is 4.86. The van der Waals surface area contributed by atoms with E-state index < -0.39 is 28.5 Å². The van der Waals surface area contributed by atoms with Gasteiger partial charge < -0.3 is 15.0 Å². The molecule has 3 aromatic rings. The molecule has 0 saturated heterocycles. The van der Waals surface area contributed by atoms with Gasteiger partial charge in [0.2, 0.25) is 11.8 Å². The molecule has 0 aliphatic rings. The Hall–Kier alpha value is -3.50. The zero-order valence-electron chi connectivity index (χ0n) is 23.6. The molecule has 214 valence electrons. The van der Waals surface area contributed by atoms with Crippen LogP contribution in [0.2, 0.25) is 0 Å². The molecular weight excluding hydrogens is 546 g/mol. The molecule has 40 heavy (non-hydrogen) atoms. The van der Waals surface area contributed by atoms with Crippen molar-refractivity contribution >= 4 is 39.3 Å². The quantitative estimate of drug-likeness (QED) is 0.289. The number of nitrogens with one attached hydrogen (secondary N) is 1. The van der Waals surface area contributed by atoms with Gasteiger partial charge >= 0.3 is 0 Å². The van der Waals surface area contributed by atoms with Gasteiger partial charge in [0.15, 0.2) is 0 Å². The molecule has 1 atom stereocenters. The standard InChI is InChI=1S/C30H37N3O5S2/c1-6-28(30(35)31-4)32(20-23-10-8-22(3)9-11-23)29(34)21-33(24-12-14-25(15-13-24)38-7-2)40(36,37)27-18-16-26(39-5)17-19-27/h8-19,28H,6-7,20-21H2,1-5H3,(H,31,35)/t28-/m0/s1. The predicted molar refractivity (Wildman–Crippen MR) is 160 cm³/mol. The smallest absolute Gasteiger partial charge is 0.264 e. The van der Waals surface area contributed by atoms with Crippen LogP contribution in [0.3, 0.4) is 0 Å². The van der Waals surface area contributed by atoms with E-state index in [9.17, 15) is 18.0 Å². The van der Waals surface area contributed by atoms with Crippen LogP contribution in [0.15, 0.2) is 82.6 Å². The van der Waals surface area contributed by atoms with Crippen molar-refractivity contribution in [3.8, 4) is 5.75 Å². The second kappa shape index (κ2) is 14.2. The summed E-state index contributed by atoms with van der Waals surface area (Å²) in [5, 5.41) is 2.64. The van der Waals surface area contributed by atoms with E-state index in [1.54, 1.807) is 36.4 Å². The Bertz CT molecular complexity index is 1380. The lowest BCUT2D eigenvalue weighted by Crippen LogP contribution is -2.51. The maximum Gasteiger partial charge on any atom is 0.264 e. The van der Waals surface area contributed by atoms with Crippen molar-refractivity contribution in [2.24, 2.45) is 0 Å². The molecule has 0 saturated carbocycles. The summed E-state index contributed by atoms with van der Waals surface area (Å²) in [7, 11) is -2.61. The topological polar surface area (TPSA) is 96.0 Å². The van der Waals surface area contributed by atoms with Gasteiger partial charge in [0, 0.05) is 18.5 Å². The van der Waals surface area contributed by atoms with E-state index in [4.69, 9.17) is 4.74 Å². The lowest BCUT2D eigenvalue weighted by molar-refractivity contribution is -0.140. The van der Waals surface area contributed by atoms with Gasteiger partial charge in [0.1, 0.15) is 18.3 Å². The third-order valence-electron chi connectivity index (χ3n) is 6.47. The minimum Gasteiger partial charge on any atom is -0.494 e. The first-order valence-corrected chi connectivity index (χ1v) is 15.8. The van der Waals surface area contributed by atoms with Gasteiger partial charge in [-0.3, -0.25) is 13.9 Å². The van der Waals surface area contributed by atoms with E-state index in [1.807, 2.05) is 51.3 Å². The molecule has 2 amide bonds. The van der Waals surface area contributed by atoms with Crippen LogP contribution in [0, 0.1) is 6.92 Å². The monoisotopic (exact) mass is 583 g/mol. The summed E-state index contributed by atoms with van der Waals surface area (Å²) in [6, 6.07) is 20.0. The highest BCUT2D eigenvalue weighted by atomic mass is 32.2. The highest BCUT2D eigenvalue weighted by molar-refractivity contribution is 7.98. The van der Waals surface area contributed by atoms with Crippen molar-refractivity contribution in [1.29, 1.82) is 0 Å². The molecule has 0 unspecified atom stereocenters.